The fraction of sp³-hybridized carbons (Fsp3) is 0.455. The van der Waals surface area contributed by atoms with Gasteiger partial charge in [0, 0.05) is 0 Å². The number of hydrogen-bond acceptors (Lipinski definition) is 2. The first-order valence-electron chi connectivity index (χ1n) is 4.45. The first-order valence-corrected chi connectivity index (χ1v) is 4.45. The normalized spacial score (nSPS) is 15.5. The number of benzene rings is 1. The van der Waals surface area contributed by atoms with E-state index in [9.17, 15) is 10.2 Å². The standard InChI is InChI=1S/C11H16O2/c1-7-4-8(2)6-10(5-7)11(13)9(3)12/h4-6,9,11-13H,1-3H3. The van der Waals surface area contributed by atoms with E-state index in [4.69, 9.17) is 0 Å². The SMILES string of the molecule is Cc1cc(C)cc(C(O)C(C)O)c1. The molecule has 0 fully saturated rings. The Bertz CT molecular complexity index is 272. The van der Waals surface area contributed by atoms with Gasteiger partial charge in [-0.1, -0.05) is 29.3 Å². The molecule has 2 nitrogen and oxygen atoms in total. The number of rotatable bonds is 2. The van der Waals surface area contributed by atoms with Gasteiger partial charge in [-0.2, -0.15) is 0 Å². The average Bonchev–Trinajstić information content (AvgIpc) is 2.01. The molecule has 0 radical (unpaired) electrons. The van der Waals surface area contributed by atoms with Crippen LogP contribution in [0, 0.1) is 13.8 Å². The van der Waals surface area contributed by atoms with Crippen molar-refractivity contribution in [1.82, 2.24) is 0 Å². The minimum atomic E-state index is -0.779. The fourth-order valence-corrected chi connectivity index (χ4v) is 1.46. The van der Waals surface area contributed by atoms with Crippen molar-refractivity contribution in [1.29, 1.82) is 0 Å². The van der Waals surface area contributed by atoms with E-state index in [1.807, 2.05) is 32.0 Å². The highest BCUT2D eigenvalue weighted by atomic mass is 16.3. The minimum Gasteiger partial charge on any atom is -0.390 e. The van der Waals surface area contributed by atoms with E-state index in [-0.39, 0.29) is 0 Å². The molecular formula is C11H16O2. The van der Waals surface area contributed by atoms with E-state index >= 15 is 0 Å². The Morgan fingerprint density at radius 2 is 1.46 bits per heavy atom. The molecule has 2 atom stereocenters. The van der Waals surface area contributed by atoms with Crippen molar-refractivity contribution in [3.05, 3.63) is 34.9 Å². The molecule has 0 saturated heterocycles. The van der Waals surface area contributed by atoms with E-state index in [1.165, 1.54) is 0 Å². The van der Waals surface area contributed by atoms with E-state index in [0.29, 0.717) is 0 Å². The molecular weight excluding hydrogens is 164 g/mol. The van der Waals surface area contributed by atoms with Crippen molar-refractivity contribution in [2.45, 2.75) is 33.0 Å². The maximum absolute atomic E-state index is 9.60. The zero-order valence-corrected chi connectivity index (χ0v) is 8.28. The highest BCUT2D eigenvalue weighted by molar-refractivity contribution is 5.30. The van der Waals surface area contributed by atoms with Crippen LogP contribution in [0.4, 0.5) is 0 Å². The second kappa shape index (κ2) is 3.90. The molecule has 0 amide bonds. The molecule has 1 aromatic carbocycles. The third-order valence-corrected chi connectivity index (χ3v) is 2.04. The number of aliphatic hydroxyl groups is 2. The van der Waals surface area contributed by atoms with Crippen LogP contribution in [0.2, 0.25) is 0 Å². The summed E-state index contributed by atoms with van der Waals surface area (Å²) < 4.78 is 0. The van der Waals surface area contributed by atoms with Gasteiger partial charge in [-0.3, -0.25) is 0 Å². The summed E-state index contributed by atoms with van der Waals surface area (Å²) in [7, 11) is 0. The molecule has 0 aromatic heterocycles. The van der Waals surface area contributed by atoms with Crippen LogP contribution in [0.5, 0.6) is 0 Å². The lowest BCUT2D eigenvalue weighted by atomic mass is 10.0. The lowest BCUT2D eigenvalue weighted by Crippen LogP contribution is -2.13. The number of aryl methyl sites for hydroxylation is 2. The molecule has 13 heavy (non-hydrogen) atoms. The summed E-state index contributed by atoms with van der Waals surface area (Å²) in [6, 6.07) is 5.83. The lowest BCUT2D eigenvalue weighted by Gasteiger charge is -2.15. The van der Waals surface area contributed by atoms with Crippen molar-refractivity contribution in [3.63, 3.8) is 0 Å². The largest absolute Gasteiger partial charge is 0.390 e. The topological polar surface area (TPSA) is 40.5 Å². The Morgan fingerprint density at radius 3 is 1.85 bits per heavy atom. The first-order chi connectivity index (χ1) is 6.00. The highest BCUT2D eigenvalue weighted by Gasteiger charge is 2.13. The van der Waals surface area contributed by atoms with Crippen molar-refractivity contribution < 1.29 is 10.2 Å². The molecule has 0 heterocycles. The van der Waals surface area contributed by atoms with Crippen LogP contribution < -0.4 is 0 Å². The van der Waals surface area contributed by atoms with E-state index in [1.54, 1.807) is 6.92 Å². The van der Waals surface area contributed by atoms with E-state index in [2.05, 4.69) is 0 Å². The van der Waals surface area contributed by atoms with Gasteiger partial charge in [0.05, 0.1) is 6.10 Å². The van der Waals surface area contributed by atoms with Gasteiger partial charge in [0.15, 0.2) is 0 Å². The summed E-state index contributed by atoms with van der Waals surface area (Å²) in [5.41, 5.74) is 3.00. The smallest absolute Gasteiger partial charge is 0.105 e. The molecule has 2 heteroatoms. The quantitative estimate of drug-likeness (QED) is 0.727. The van der Waals surface area contributed by atoms with Gasteiger partial charge < -0.3 is 10.2 Å². The van der Waals surface area contributed by atoms with Gasteiger partial charge in [-0.25, -0.2) is 0 Å². The molecule has 0 spiro atoms. The van der Waals surface area contributed by atoms with Crippen molar-refractivity contribution >= 4 is 0 Å². The predicted octanol–water partition coefficient (Wildman–Crippen LogP) is 1.72. The molecule has 72 valence electrons. The Kier molecular flexibility index (Phi) is 3.07. The summed E-state index contributed by atoms with van der Waals surface area (Å²) in [5.74, 6) is 0. The molecule has 0 aliphatic heterocycles. The maximum atomic E-state index is 9.60. The van der Waals surface area contributed by atoms with Crippen molar-refractivity contribution in [3.8, 4) is 0 Å². The molecule has 1 aromatic rings. The Hall–Kier alpha value is -0.860. The predicted molar refractivity (Wildman–Crippen MR) is 52.6 cm³/mol. The van der Waals surface area contributed by atoms with Gasteiger partial charge >= 0.3 is 0 Å². The molecule has 1 rings (SSSR count). The highest BCUT2D eigenvalue weighted by Crippen LogP contribution is 2.19. The van der Waals surface area contributed by atoms with Crippen LogP contribution in [0.1, 0.15) is 29.7 Å². The molecule has 0 saturated carbocycles. The number of aliphatic hydroxyl groups excluding tert-OH is 2. The van der Waals surface area contributed by atoms with Crippen LogP contribution in [-0.4, -0.2) is 16.3 Å². The van der Waals surface area contributed by atoms with Gasteiger partial charge in [0.25, 0.3) is 0 Å². The van der Waals surface area contributed by atoms with Crippen LogP contribution in [-0.2, 0) is 0 Å². The molecule has 2 N–H and O–H groups in total. The fourth-order valence-electron chi connectivity index (χ4n) is 1.46. The molecule has 0 aliphatic rings. The van der Waals surface area contributed by atoms with E-state index in [0.717, 1.165) is 16.7 Å². The summed E-state index contributed by atoms with van der Waals surface area (Å²) >= 11 is 0. The Balaban J connectivity index is 3.01. The second-order valence-corrected chi connectivity index (χ2v) is 3.61. The van der Waals surface area contributed by atoms with Crippen molar-refractivity contribution in [2.75, 3.05) is 0 Å². The summed E-state index contributed by atoms with van der Waals surface area (Å²) in [5, 5.41) is 18.8. The third kappa shape index (κ3) is 2.54. The van der Waals surface area contributed by atoms with Crippen LogP contribution in [0.15, 0.2) is 18.2 Å². The van der Waals surface area contributed by atoms with Gasteiger partial charge in [0.2, 0.25) is 0 Å². The maximum Gasteiger partial charge on any atom is 0.105 e. The van der Waals surface area contributed by atoms with E-state index < -0.39 is 12.2 Å². The first kappa shape index (κ1) is 10.2. The second-order valence-electron chi connectivity index (χ2n) is 3.61. The van der Waals surface area contributed by atoms with Crippen molar-refractivity contribution in [2.24, 2.45) is 0 Å². The monoisotopic (exact) mass is 180 g/mol. The van der Waals surface area contributed by atoms with Crippen LogP contribution >= 0.6 is 0 Å². The van der Waals surface area contributed by atoms with Crippen LogP contribution in [0.3, 0.4) is 0 Å². The van der Waals surface area contributed by atoms with Gasteiger partial charge in [-0.05, 0) is 26.3 Å². The minimum absolute atomic E-state index is 0.721. The Labute approximate surface area is 78.8 Å². The van der Waals surface area contributed by atoms with Crippen LogP contribution in [0.25, 0.3) is 0 Å². The summed E-state index contributed by atoms with van der Waals surface area (Å²) in [6.07, 6.45) is -1.50. The Morgan fingerprint density at radius 1 is 1.00 bits per heavy atom. The zero-order valence-electron chi connectivity index (χ0n) is 8.28. The summed E-state index contributed by atoms with van der Waals surface area (Å²) in [4.78, 5) is 0. The molecule has 0 bridgehead atoms. The summed E-state index contributed by atoms with van der Waals surface area (Å²) in [6.45, 7) is 5.54. The van der Waals surface area contributed by atoms with Gasteiger partial charge in [-0.15, -0.1) is 0 Å². The van der Waals surface area contributed by atoms with Gasteiger partial charge in [0.1, 0.15) is 6.10 Å². The molecule has 0 aliphatic carbocycles. The third-order valence-electron chi connectivity index (χ3n) is 2.04. The number of hydrogen-bond donors (Lipinski definition) is 2. The average molecular weight is 180 g/mol. The molecule has 2 unspecified atom stereocenters. The lowest BCUT2D eigenvalue weighted by molar-refractivity contribution is 0.0305. The zero-order chi connectivity index (χ0) is 10.0.